The zero-order valence-corrected chi connectivity index (χ0v) is 4.31. The van der Waals surface area contributed by atoms with Gasteiger partial charge in [-0.05, 0) is 0 Å². The van der Waals surface area contributed by atoms with E-state index < -0.39 is 0 Å². The number of nitrogens with zero attached hydrogens (tertiary/aromatic N) is 1. The number of aromatic nitrogens is 2. The molecule has 0 bridgehead atoms. The Bertz CT molecular complexity index is 124. The number of nitrogens with one attached hydrogen (secondary N) is 1. The van der Waals surface area contributed by atoms with Gasteiger partial charge in [0.1, 0.15) is 0 Å². The average molecular weight is 93.9 g/mol. The van der Waals surface area contributed by atoms with Crippen molar-refractivity contribution in [3.8, 4) is 0 Å². The summed E-state index contributed by atoms with van der Waals surface area (Å²) in [5, 5.41) is 0. The highest BCUT2D eigenvalue weighted by Crippen LogP contribution is 1.64. The molecule has 1 aromatic heterocycles. The molecule has 7 heavy (non-hydrogen) atoms. The lowest BCUT2D eigenvalue weighted by Gasteiger charge is -1.74. The molecule has 1 heterocycles. The van der Waals surface area contributed by atoms with Crippen molar-refractivity contribution in [3.63, 3.8) is 0 Å². The van der Waals surface area contributed by atoms with Gasteiger partial charge in [-0.25, -0.2) is 0 Å². The highest BCUT2D eigenvalue weighted by atomic mass is 14.8. The quantitative estimate of drug-likeness (QED) is 0.467. The summed E-state index contributed by atoms with van der Waals surface area (Å²) in [5.74, 6) is 0. The first-order valence-electron chi connectivity index (χ1n) is 2.41. The lowest BCUT2D eigenvalue weighted by molar-refractivity contribution is 1.32. The predicted molar refractivity (Wildman–Crippen MR) is 31.2 cm³/mol. The van der Waals surface area contributed by atoms with Crippen molar-refractivity contribution in [2.45, 2.75) is 6.82 Å². The monoisotopic (exact) mass is 94.1 g/mol. The first-order chi connectivity index (χ1) is 3.43. The highest BCUT2D eigenvalue weighted by Gasteiger charge is 1.85. The Labute approximate surface area is 43.2 Å². The summed E-state index contributed by atoms with van der Waals surface area (Å²) in [4.78, 5) is 6.85. The zero-order valence-electron chi connectivity index (χ0n) is 4.31. The van der Waals surface area contributed by atoms with Gasteiger partial charge in [0.2, 0.25) is 0 Å². The van der Waals surface area contributed by atoms with Gasteiger partial charge in [-0.2, -0.15) is 0 Å². The fraction of sp³-hybridized carbons (Fsp3) is 0.250. The standard InChI is InChI=1S/C4H7BN2/c1-5-4-2-6-3-7-4/h2-3,5H,1H3,(H,6,7). The lowest BCUT2D eigenvalue weighted by Crippen LogP contribution is -2.09. The molecule has 2 nitrogen and oxygen atoms in total. The molecule has 0 amide bonds. The van der Waals surface area contributed by atoms with E-state index in [1.54, 1.807) is 6.33 Å². The van der Waals surface area contributed by atoms with Crippen LogP contribution in [0.4, 0.5) is 0 Å². The van der Waals surface area contributed by atoms with E-state index in [-0.39, 0.29) is 0 Å². The average Bonchev–Trinajstić information content (AvgIpc) is 2.14. The van der Waals surface area contributed by atoms with Crippen LogP contribution >= 0.6 is 0 Å². The third-order valence-electron chi connectivity index (χ3n) is 0.917. The molecule has 0 aliphatic heterocycles. The number of imidazole rings is 1. The molecule has 0 aliphatic carbocycles. The van der Waals surface area contributed by atoms with Crippen LogP contribution < -0.4 is 5.59 Å². The van der Waals surface area contributed by atoms with E-state index in [2.05, 4.69) is 16.8 Å². The van der Waals surface area contributed by atoms with E-state index in [0.29, 0.717) is 0 Å². The van der Waals surface area contributed by atoms with Crippen molar-refractivity contribution in [2.24, 2.45) is 0 Å². The first-order valence-corrected chi connectivity index (χ1v) is 2.41. The minimum absolute atomic E-state index is 1.02. The normalized spacial score (nSPS) is 8.71. The summed E-state index contributed by atoms with van der Waals surface area (Å²) < 4.78 is 0. The number of hydrogen-bond donors (Lipinski definition) is 1. The van der Waals surface area contributed by atoms with Crippen LogP contribution in [0.3, 0.4) is 0 Å². The second-order valence-corrected chi connectivity index (χ2v) is 1.41. The minimum Gasteiger partial charge on any atom is -0.352 e. The first kappa shape index (κ1) is 4.43. The molecule has 0 spiro atoms. The van der Waals surface area contributed by atoms with Crippen LogP contribution in [0, 0.1) is 0 Å². The Morgan fingerprint density at radius 1 is 1.86 bits per heavy atom. The maximum absolute atomic E-state index is 3.98. The van der Waals surface area contributed by atoms with Gasteiger partial charge >= 0.3 is 0 Å². The van der Waals surface area contributed by atoms with Gasteiger partial charge in [-0.1, -0.05) is 6.82 Å². The summed E-state index contributed by atoms with van der Waals surface area (Å²) in [6.45, 7) is 2.08. The van der Waals surface area contributed by atoms with E-state index in [0.717, 1.165) is 12.9 Å². The molecule has 0 atom stereocenters. The van der Waals surface area contributed by atoms with Gasteiger partial charge in [0.15, 0.2) is 7.28 Å². The van der Waals surface area contributed by atoms with Crippen molar-refractivity contribution in [1.82, 2.24) is 9.97 Å². The molecule has 0 unspecified atom stereocenters. The molecule has 0 fully saturated rings. The van der Waals surface area contributed by atoms with Crippen molar-refractivity contribution in [1.29, 1.82) is 0 Å². The summed E-state index contributed by atoms with van der Waals surface area (Å²) in [6, 6.07) is 0. The summed E-state index contributed by atoms with van der Waals surface area (Å²) in [7, 11) is 1.02. The number of hydrogen-bond acceptors (Lipinski definition) is 1. The van der Waals surface area contributed by atoms with Crippen molar-refractivity contribution in [3.05, 3.63) is 12.5 Å². The maximum Gasteiger partial charge on any atom is 0.181 e. The minimum atomic E-state index is 1.02. The fourth-order valence-corrected chi connectivity index (χ4v) is 0.484. The molecular weight excluding hydrogens is 86.9 g/mol. The van der Waals surface area contributed by atoms with Crippen LogP contribution in [0.15, 0.2) is 12.5 Å². The molecule has 1 rings (SSSR count). The second kappa shape index (κ2) is 1.82. The van der Waals surface area contributed by atoms with Gasteiger partial charge in [-0.15, -0.1) is 0 Å². The SMILES string of the molecule is CBc1c[nH]cn1. The zero-order chi connectivity index (χ0) is 5.11. The van der Waals surface area contributed by atoms with Crippen LogP contribution in [0.25, 0.3) is 0 Å². The molecule has 3 heteroatoms. The highest BCUT2D eigenvalue weighted by molar-refractivity contribution is 6.50. The van der Waals surface area contributed by atoms with Crippen LogP contribution in [0.5, 0.6) is 0 Å². The topological polar surface area (TPSA) is 28.7 Å². The molecule has 0 saturated carbocycles. The molecule has 0 aromatic carbocycles. The van der Waals surface area contributed by atoms with Gasteiger partial charge in [-0.3, -0.25) is 4.98 Å². The van der Waals surface area contributed by atoms with E-state index >= 15 is 0 Å². The second-order valence-electron chi connectivity index (χ2n) is 1.41. The Kier molecular flexibility index (Phi) is 1.15. The van der Waals surface area contributed by atoms with E-state index in [1.165, 1.54) is 0 Å². The summed E-state index contributed by atoms with van der Waals surface area (Å²) in [6.07, 6.45) is 3.60. The van der Waals surface area contributed by atoms with Crippen molar-refractivity contribution in [2.75, 3.05) is 0 Å². The predicted octanol–water partition coefficient (Wildman–Crippen LogP) is -0.480. The maximum atomic E-state index is 3.98. The van der Waals surface area contributed by atoms with E-state index in [9.17, 15) is 0 Å². The van der Waals surface area contributed by atoms with Crippen LogP contribution in [-0.4, -0.2) is 17.2 Å². The Morgan fingerprint density at radius 3 is 3.00 bits per heavy atom. The smallest absolute Gasteiger partial charge is 0.181 e. The number of aromatic amines is 1. The molecule has 0 saturated heterocycles. The lowest BCUT2D eigenvalue weighted by atomic mass is 9.79. The third-order valence-corrected chi connectivity index (χ3v) is 0.917. The van der Waals surface area contributed by atoms with Crippen LogP contribution in [0.1, 0.15) is 0 Å². The molecular formula is C4H7BN2. The summed E-state index contributed by atoms with van der Waals surface area (Å²) >= 11 is 0. The molecule has 0 aliphatic rings. The van der Waals surface area contributed by atoms with Crippen molar-refractivity contribution < 1.29 is 0 Å². The summed E-state index contributed by atoms with van der Waals surface area (Å²) in [5.41, 5.74) is 1.12. The Balaban J connectivity index is 2.76. The van der Waals surface area contributed by atoms with Gasteiger partial charge < -0.3 is 4.98 Å². The van der Waals surface area contributed by atoms with Crippen LogP contribution in [-0.2, 0) is 0 Å². The molecule has 1 N–H and O–H groups in total. The number of rotatable bonds is 1. The van der Waals surface area contributed by atoms with Gasteiger partial charge in [0.05, 0.1) is 6.33 Å². The van der Waals surface area contributed by atoms with E-state index in [4.69, 9.17) is 0 Å². The molecule has 1 aromatic rings. The van der Waals surface area contributed by atoms with Gasteiger partial charge in [0.25, 0.3) is 0 Å². The Hall–Kier alpha value is -0.725. The van der Waals surface area contributed by atoms with Crippen LogP contribution in [0.2, 0.25) is 6.82 Å². The molecule has 36 valence electrons. The third kappa shape index (κ3) is 0.826. The Morgan fingerprint density at radius 2 is 2.71 bits per heavy atom. The number of H-pyrrole nitrogens is 1. The largest absolute Gasteiger partial charge is 0.352 e. The fourth-order valence-electron chi connectivity index (χ4n) is 0.484. The van der Waals surface area contributed by atoms with E-state index in [1.807, 2.05) is 6.20 Å². The van der Waals surface area contributed by atoms with Crippen molar-refractivity contribution >= 4 is 12.9 Å². The molecule has 0 radical (unpaired) electrons. The van der Waals surface area contributed by atoms with Gasteiger partial charge in [0, 0.05) is 11.8 Å².